The molecule has 112 valence electrons. The number of fused-ring (bicyclic) bond motifs is 1. The highest BCUT2D eigenvalue weighted by Gasteiger charge is 2.57. The quantitative estimate of drug-likeness (QED) is 0.780. The van der Waals surface area contributed by atoms with Crippen molar-refractivity contribution < 1.29 is 19.1 Å². The molecule has 2 saturated heterocycles. The van der Waals surface area contributed by atoms with Crippen molar-refractivity contribution in [3.8, 4) is 0 Å². The van der Waals surface area contributed by atoms with Crippen LogP contribution in [0.4, 0.5) is 0 Å². The van der Waals surface area contributed by atoms with Crippen LogP contribution < -0.4 is 0 Å². The molecule has 2 unspecified atom stereocenters. The van der Waals surface area contributed by atoms with Crippen LogP contribution in [-0.2, 0) is 19.1 Å². The van der Waals surface area contributed by atoms with Crippen LogP contribution in [0.5, 0.6) is 0 Å². The number of ether oxygens (including phenoxy) is 2. The van der Waals surface area contributed by atoms with Gasteiger partial charge in [-0.3, -0.25) is 9.59 Å². The molecule has 0 bridgehead atoms. The number of piperidine rings is 1. The van der Waals surface area contributed by atoms with Crippen LogP contribution >= 0.6 is 0 Å². The number of hydrogen-bond acceptors (Lipinski definition) is 4. The van der Waals surface area contributed by atoms with Crippen LogP contribution in [0.3, 0.4) is 0 Å². The first-order valence-electron chi connectivity index (χ1n) is 7.17. The lowest BCUT2D eigenvalue weighted by Gasteiger charge is -2.44. The Bertz CT molecular complexity index is 559. The van der Waals surface area contributed by atoms with Gasteiger partial charge in [-0.25, -0.2) is 0 Å². The number of hydrogen-bond donors (Lipinski definition) is 0. The van der Waals surface area contributed by atoms with Crippen molar-refractivity contribution in [1.29, 1.82) is 0 Å². The predicted octanol–water partition coefficient (Wildman–Crippen LogP) is 1.89. The number of esters is 1. The fourth-order valence-electron chi connectivity index (χ4n) is 3.45. The lowest BCUT2D eigenvalue weighted by molar-refractivity contribution is -0.184. The molecular weight excluding hydrogens is 270 g/mol. The molecule has 0 saturated carbocycles. The highest BCUT2D eigenvalue weighted by atomic mass is 16.5. The summed E-state index contributed by atoms with van der Waals surface area (Å²) in [6.45, 7) is 2.22. The van der Waals surface area contributed by atoms with Gasteiger partial charge in [-0.2, -0.15) is 0 Å². The Balaban J connectivity index is 1.97. The van der Waals surface area contributed by atoms with Crippen molar-refractivity contribution in [3.63, 3.8) is 0 Å². The van der Waals surface area contributed by atoms with Crippen LogP contribution in [-0.4, -0.2) is 36.2 Å². The van der Waals surface area contributed by atoms with Crippen molar-refractivity contribution in [2.45, 2.75) is 31.5 Å². The predicted molar refractivity (Wildman–Crippen MR) is 75.1 cm³/mol. The molecule has 5 nitrogen and oxygen atoms in total. The summed E-state index contributed by atoms with van der Waals surface area (Å²) in [6.07, 6.45) is 0.821. The summed E-state index contributed by atoms with van der Waals surface area (Å²) in [5.74, 6) is -0.721. The second-order valence-electron chi connectivity index (χ2n) is 5.67. The molecule has 1 aromatic carbocycles. The van der Waals surface area contributed by atoms with E-state index in [1.54, 1.807) is 4.90 Å². The molecule has 1 amide bonds. The van der Waals surface area contributed by atoms with Gasteiger partial charge in [0.25, 0.3) is 0 Å². The molecule has 2 fully saturated rings. The van der Waals surface area contributed by atoms with Gasteiger partial charge in [0.05, 0.1) is 19.8 Å². The Hall–Kier alpha value is -1.88. The summed E-state index contributed by atoms with van der Waals surface area (Å²) in [5.41, 5.74) is 0.114. The van der Waals surface area contributed by atoms with Gasteiger partial charge in [0.15, 0.2) is 5.72 Å². The van der Waals surface area contributed by atoms with E-state index in [9.17, 15) is 9.59 Å². The third-order valence-electron chi connectivity index (χ3n) is 4.56. The molecule has 5 heteroatoms. The maximum Gasteiger partial charge on any atom is 0.313 e. The Kier molecular flexibility index (Phi) is 3.45. The minimum atomic E-state index is -0.914. The third kappa shape index (κ3) is 2.12. The highest BCUT2D eigenvalue weighted by Crippen LogP contribution is 2.46. The summed E-state index contributed by atoms with van der Waals surface area (Å²) in [7, 11) is 1.37. The largest absolute Gasteiger partial charge is 0.469 e. The number of rotatable bonds is 2. The van der Waals surface area contributed by atoms with Gasteiger partial charge >= 0.3 is 5.97 Å². The van der Waals surface area contributed by atoms with Crippen molar-refractivity contribution in [3.05, 3.63) is 35.9 Å². The molecule has 21 heavy (non-hydrogen) atoms. The summed E-state index contributed by atoms with van der Waals surface area (Å²) in [6, 6.07) is 9.64. The molecule has 0 aromatic heterocycles. The van der Waals surface area contributed by atoms with E-state index in [0.29, 0.717) is 19.4 Å². The Labute approximate surface area is 123 Å². The molecule has 2 aliphatic heterocycles. The average Bonchev–Trinajstić information content (AvgIpc) is 2.87. The monoisotopic (exact) mass is 289 g/mol. The maximum absolute atomic E-state index is 12.4. The third-order valence-corrected chi connectivity index (χ3v) is 4.56. The van der Waals surface area contributed by atoms with E-state index in [2.05, 4.69) is 0 Å². The first-order chi connectivity index (χ1) is 10.1. The van der Waals surface area contributed by atoms with E-state index in [-0.39, 0.29) is 17.9 Å². The van der Waals surface area contributed by atoms with Crippen molar-refractivity contribution in [2.75, 3.05) is 13.7 Å². The number of carbonyl (C=O) groups is 2. The molecule has 1 aromatic rings. The molecular formula is C16H19NO4. The lowest BCUT2D eigenvalue weighted by atomic mass is 9.85. The van der Waals surface area contributed by atoms with Gasteiger partial charge in [0.2, 0.25) is 5.91 Å². The van der Waals surface area contributed by atoms with E-state index in [1.807, 2.05) is 37.3 Å². The first kappa shape index (κ1) is 14.1. The number of carbonyl (C=O) groups excluding carboxylic acids is 2. The van der Waals surface area contributed by atoms with Crippen LogP contribution in [0.1, 0.15) is 31.4 Å². The molecule has 0 radical (unpaired) electrons. The highest BCUT2D eigenvalue weighted by molar-refractivity contribution is 5.83. The minimum absolute atomic E-state index is 0.0315. The molecule has 3 rings (SSSR count). The van der Waals surface area contributed by atoms with Crippen molar-refractivity contribution in [2.24, 2.45) is 5.92 Å². The lowest BCUT2D eigenvalue weighted by Crippen LogP contribution is -2.57. The fourth-order valence-corrected chi connectivity index (χ4v) is 3.45. The molecule has 3 atom stereocenters. The van der Waals surface area contributed by atoms with Gasteiger partial charge in [-0.15, -0.1) is 0 Å². The van der Waals surface area contributed by atoms with E-state index < -0.39 is 11.6 Å². The summed E-state index contributed by atoms with van der Waals surface area (Å²) in [4.78, 5) is 26.2. The first-order valence-corrected chi connectivity index (χ1v) is 7.17. The Morgan fingerprint density at radius 3 is 2.76 bits per heavy atom. The summed E-state index contributed by atoms with van der Waals surface area (Å²) in [5, 5.41) is 0. The number of nitrogens with zero attached hydrogens (tertiary/aromatic N) is 1. The van der Waals surface area contributed by atoms with Crippen molar-refractivity contribution >= 4 is 11.9 Å². The SMILES string of the molecule is COC(=O)C1CCC(=O)N2[C@@H](c3ccccc3)COC12C. The van der Waals surface area contributed by atoms with Crippen LogP contribution in [0.25, 0.3) is 0 Å². The van der Waals surface area contributed by atoms with Crippen LogP contribution in [0.15, 0.2) is 30.3 Å². The zero-order chi connectivity index (χ0) is 15.0. The zero-order valence-electron chi connectivity index (χ0n) is 12.2. The van der Waals surface area contributed by atoms with E-state index in [1.165, 1.54) is 7.11 Å². The topological polar surface area (TPSA) is 55.8 Å². The van der Waals surface area contributed by atoms with Crippen LogP contribution in [0, 0.1) is 5.92 Å². The molecule has 2 heterocycles. The van der Waals surface area contributed by atoms with E-state index in [0.717, 1.165) is 5.56 Å². The second kappa shape index (κ2) is 5.15. The Morgan fingerprint density at radius 1 is 1.38 bits per heavy atom. The second-order valence-corrected chi connectivity index (χ2v) is 5.67. The Morgan fingerprint density at radius 2 is 2.10 bits per heavy atom. The van der Waals surface area contributed by atoms with Gasteiger partial charge in [-0.05, 0) is 18.9 Å². The smallest absolute Gasteiger partial charge is 0.313 e. The number of methoxy groups -OCH3 is 1. The van der Waals surface area contributed by atoms with Gasteiger partial charge in [-0.1, -0.05) is 30.3 Å². The standard InChI is InChI=1S/C16H19NO4/c1-16-12(15(19)20-2)8-9-14(18)17(16)13(10-21-16)11-6-4-3-5-7-11/h3-7,12-13H,8-10H2,1-2H3/t12?,13-,16?/m1/s1. The fraction of sp³-hybridized carbons (Fsp3) is 0.500. The molecule has 0 aliphatic carbocycles. The van der Waals surface area contributed by atoms with Crippen LogP contribution in [0.2, 0.25) is 0 Å². The van der Waals surface area contributed by atoms with Gasteiger partial charge in [0.1, 0.15) is 5.92 Å². The number of amides is 1. The van der Waals surface area contributed by atoms with Gasteiger partial charge in [0, 0.05) is 6.42 Å². The molecule has 2 aliphatic rings. The zero-order valence-corrected chi connectivity index (χ0v) is 12.2. The van der Waals surface area contributed by atoms with E-state index >= 15 is 0 Å². The van der Waals surface area contributed by atoms with Crippen molar-refractivity contribution in [1.82, 2.24) is 4.90 Å². The normalized spacial score (nSPS) is 31.9. The number of benzene rings is 1. The van der Waals surface area contributed by atoms with Gasteiger partial charge < -0.3 is 14.4 Å². The minimum Gasteiger partial charge on any atom is -0.469 e. The molecule has 0 spiro atoms. The summed E-state index contributed by atoms with van der Waals surface area (Å²) < 4.78 is 10.8. The van der Waals surface area contributed by atoms with E-state index in [4.69, 9.17) is 9.47 Å². The average molecular weight is 289 g/mol. The molecule has 0 N–H and O–H groups in total. The summed E-state index contributed by atoms with van der Waals surface area (Å²) >= 11 is 0. The maximum atomic E-state index is 12.4.